The lowest BCUT2D eigenvalue weighted by molar-refractivity contribution is 0.301. The molecular weight excluding hydrogens is 277 g/mol. The minimum absolute atomic E-state index is 0.306. The third kappa shape index (κ3) is 2.38. The number of anilines is 1. The van der Waals surface area contributed by atoms with E-state index >= 15 is 0 Å². The Hall–Kier alpha value is -1.43. The molecule has 0 saturated heterocycles. The smallest absolute Gasteiger partial charge is 0.139 e. The maximum absolute atomic E-state index is 13.2. The number of hydrogen-bond acceptors (Lipinski definition) is 4. The molecule has 1 N–H and O–H groups in total. The molecule has 0 bridgehead atoms. The largest absolute Gasteiger partial charge is 0.379 e. The fraction of sp³-hybridized carbons (Fsp3) is 0.200. The third-order valence-corrected chi connectivity index (χ3v) is 2.77. The summed E-state index contributed by atoms with van der Waals surface area (Å²) in [5, 5.41) is 10.4. The van der Waals surface area contributed by atoms with E-state index in [1.165, 1.54) is 6.07 Å². The molecule has 0 aliphatic rings. The molecule has 0 radical (unpaired) electrons. The van der Waals surface area contributed by atoms with E-state index in [0.717, 1.165) is 5.69 Å². The predicted molar refractivity (Wildman–Crippen MR) is 60.5 cm³/mol. The molecule has 0 atom stereocenters. The van der Waals surface area contributed by atoms with Gasteiger partial charge in [-0.3, -0.25) is 0 Å². The number of aryl methyl sites for hydroxylation is 1. The van der Waals surface area contributed by atoms with Gasteiger partial charge in [-0.05, 0) is 41.1 Å². The minimum Gasteiger partial charge on any atom is -0.379 e. The van der Waals surface area contributed by atoms with Crippen LogP contribution in [0.25, 0.3) is 0 Å². The maximum atomic E-state index is 13.2. The number of benzene rings is 1. The van der Waals surface area contributed by atoms with Crippen LogP contribution >= 0.6 is 15.9 Å². The van der Waals surface area contributed by atoms with Crippen molar-refractivity contribution < 1.29 is 9.02 Å². The Morgan fingerprint density at radius 2 is 2.25 bits per heavy atom. The highest BCUT2D eigenvalue weighted by Gasteiger charge is 2.05. The summed E-state index contributed by atoms with van der Waals surface area (Å²) in [5.41, 5.74) is 2.12. The highest BCUT2D eigenvalue weighted by molar-refractivity contribution is 9.10. The Bertz CT molecular complexity index is 501. The lowest BCUT2D eigenvalue weighted by Gasteiger charge is -2.04. The van der Waals surface area contributed by atoms with Crippen LogP contribution in [0.4, 0.5) is 10.1 Å². The summed E-state index contributed by atoms with van der Waals surface area (Å²) in [7, 11) is 0. The van der Waals surface area contributed by atoms with Gasteiger partial charge in [-0.2, -0.15) is 0 Å². The van der Waals surface area contributed by atoms with Crippen molar-refractivity contribution in [2.24, 2.45) is 0 Å². The van der Waals surface area contributed by atoms with E-state index in [9.17, 15) is 4.39 Å². The molecule has 16 heavy (non-hydrogen) atoms. The van der Waals surface area contributed by atoms with E-state index in [1.807, 2.05) is 0 Å². The average molecular weight is 286 g/mol. The van der Waals surface area contributed by atoms with Gasteiger partial charge in [-0.15, -0.1) is 0 Å². The molecule has 1 aromatic heterocycles. The first-order chi connectivity index (χ1) is 7.66. The van der Waals surface area contributed by atoms with Crippen molar-refractivity contribution in [1.29, 1.82) is 0 Å². The van der Waals surface area contributed by atoms with Crippen LogP contribution in [-0.2, 0) is 6.54 Å². The molecule has 84 valence electrons. The van der Waals surface area contributed by atoms with Gasteiger partial charge >= 0.3 is 0 Å². The molecule has 0 spiro atoms. The lowest BCUT2D eigenvalue weighted by atomic mass is 10.3. The van der Waals surface area contributed by atoms with Gasteiger partial charge in [0.2, 0.25) is 0 Å². The van der Waals surface area contributed by atoms with E-state index < -0.39 is 0 Å². The van der Waals surface area contributed by atoms with Gasteiger partial charge < -0.3 is 5.32 Å². The summed E-state index contributed by atoms with van der Waals surface area (Å²) in [6.45, 7) is 2.26. The van der Waals surface area contributed by atoms with Crippen molar-refractivity contribution in [3.05, 3.63) is 39.9 Å². The maximum Gasteiger partial charge on any atom is 0.139 e. The van der Waals surface area contributed by atoms with Crippen LogP contribution in [0, 0.1) is 12.7 Å². The van der Waals surface area contributed by atoms with Crippen molar-refractivity contribution in [3.63, 3.8) is 0 Å². The predicted octanol–water partition coefficient (Wildman–Crippen LogP) is 2.89. The van der Waals surface area contributed by atoms with Crippen molar-refractivity contribution in [3.8, 4) is 0 Å². The van der Waals surface area contributed by atoms with E-state index in [0.29, 0.717) is 22.4 Å². The zero-order valence-corrected chi connectivity index (χ0v) is 10.1. The molecule has 0 aliphatic heterocycles. The Balaban J connectivity index is 2.05. The Morgan fingerprint density at radius 3 is 2.88 bits per heavy atom. The first-order valence-electron chi connectivity index (χ1n) is 4.64. The molecule has 0 unspecified atom stereocenters. The Morgan fingerprint density at radius 1 is 1.44 bits per heavy atom. The number of nitrogens with zero attached hydrogens (tertiary/aromatic N) is 2. The molecule has 1 heterocycles. The first-order valence-corrected chi connectivity index (χ1v) is 5.43. The molecule has 0 aliphatic carbocycles. The first kappa shape index (κ1) is 11.1. The fourth-order valence-electron chi connectivity index (χ4n) is 1.20. The molecule has 6 heteroatoms. The van der Waals surface area contributed by atoms with Crippen LogP contribution in [0.1, 0.15) is 11.4 Å². The second-order valence-corrected chi connectivity index (χ2v) is 4.13. The second-order valence-electron chi connectivity index (χ2n) is 3.28. The molecule has 0 amide bonds. The van der Waals surface area contributed by atoms with Crippen LogP contribution in [0.3, 0.4) is 0 Å². The van der Waals surface area contributed by atoms with Crippen LogP contribution in [-0.4, -0.2) is 10.3 Å². The van der Waals surface area contributed by atoms with Gasteiger partial charge in [0.1, 0.15) is 17.2 Å². The number of halogens is 2. The average Bonchev–Trinajstić information content (AvgIpc) is 2.66. The van der Waals surface area contributed by atoms with Gasteiger partial charge in [-0.25, -0.2) is 9.02 Å². The van der Waals surface area contributed by atoms with Crippen LogP contribution < -0.4 is 5.32 Å². The molecule has 0 saturated carbocycles. The van der Waals surface area contributed by atoms with E-state index in [4.69, 9.17) is 0 Å². The number of nitrogens with one attached hydrogen (secondary N) is 1. The second kappa shape index (κ2) is 4.61. The summed E-state index contributed by atoms with van der Waals surface area (Å²) in [6, 6.07) is 4.83. The SMILES string of the molecule is Cc1nonc1CNc1ccc(Br)c(F)c1. The lowest BCUT2D eigenvalue weighted by Crippen LogP contribution is -2.01. The Labute approximate surface area is 99.9 Å². The molecule has 0 fully saturated rings. The summed E-state index contributed by atoms with van der Waals surface area (Å²) in [4.78, 5) is 0. The van der Waals surface area contributed by atoms with Crippen molar-refractivity contribution >= 4 is 21.6 Å². The molecule has 1 aromatic carbocycles. The standard InChI is InChI=1S/C10H9BrFN3O/c1-6-10(15-16-14-6)5-13-7-2-3-8(11)9(12)4-7/h2-4,13H,5H2,1H3. The number of hydrogen-bond donors (Lipinski definition) is 1. The van der Waals surface area contributed by atoms with E-state index in [-0.39, 0.29) is 5.82 Å². The molecule has 2 aromatic rings. The van der Waals surface area contributed by atoms with Gasteiger partial charge in [-0.1, -0.05) is 10.3 Å². The topological polar surface area (TPSA) is 51.0 Å². The van der Waals surface area contributed by atoms with Crippen molar-refractivity contribution in [2.75, 3.05) is 5.32 Å². The molecule has 2 rings (SSSR count). The zero-order valence-electron chi connectivity index (χ0n) is 8.50. The number of rotatable bonds is 3. The van der Waals surface area contributed by atoms with Gasteiger partial charge in [0.25, 0.3) is 0 Å². The summed E-state index contributed by atoms with van der Waals surface area (Å²) < 4.78 is 18.2. The van der Waals surface area contributed by atoms with Crippen LogP contribution in [0.15, 0.2) is 27.3 Å². The highest BCUT2D eigenvalue weighted by atomic mass is 79.9. The van der Waals surface area contributed by atoms with Crippen molar-refractivity contribution in [2.45, 2.75) is 13.5 Å². The Kier molecular flexibility index (Phi) is 3.19. The van der Waals surface area contributed by atoms with Crippen molar-refractivity contribution in [1.82, 2.24) is 10.3 Å². The summed E-state index contributed by atoms with van der Waals surface area (Å²) >= 11 is 3.09. The molecular formula is C10H9BrFN3O. The summed E-state index contributed by atoms with van der Waals surface area (Å²) in [6.07, 6.45) is 0. The molecule has 4 nitrogen and oxygen atoms in total. The van der Waals surface area contributed by atoms with Crippen LogP contribution in [0.2, 0.25) is 0 Å². The monoisotopic (exact) mass is 285 g/mol. The zero-order chi connectivity index (χ0) is 11.5. The normalized spacial score (nSPS) is 10.4. The minimum atomic E-state index is -0.306. The van der Waals surface area contributed by atoms with Gasteiger partial charge in [0.15, 0.2) is 0 Å². The fourth-order valence-corrected chi connectivity index (χ4v) is 1.45. The van der Waals surface area contributed by atoms with Gasteiger partial charge in [0, 0.05) is 5.69 Å². The van der Waals surface area contributed by atoms with Gasteiger partial charge in [0.05, 0.1) is 11.0 Å². The van der Waals surface area contributed by atoms with E-state index in [2.05, 4.69) is 36.2 Å². The summed E-state index contributed by atoms with van der Waals surface area (Å²) in [5.74, 6) is -0.306. The van der Waals surface area contributed by atoms with Crippen LogP contribution in [0.5, 0.6) is 0 Å². The highest BCUT2D eigenvalue weighted by Crippen LogP contribution is 2.19. The third-order valence-electron chi connectivity index (χ3n) is 2.13. The number of aromatic nitrogens is 2. The van der Waals surface area contributed by atoms with E-state index in [1.54, 1.807) is 19.1 Å². The quantitative estimate of drug-likeness (QED) is 0.942.